The highest BCUT2D eigenvalue weighted by Crippen LogP contribution is 2.37. The maximum atomic E-state index is 13.4. The first kappa shape index (κ1) is 22.8. The molecule has 2 heterocycles. The number of aryl methyl sites for hydroxylation is 1. The van der Waals surface area contributed by atoms with Gasteiger partial charge < -0.3 is 20.1 Å². The number of aromatic amines is 1. The number of hydrogen-bond donors (Lipinski definition) is 2. The topological polar surface area (TPSA) is 51.4 Å². The number of nitrogens with zero attached hydrogens (tertiary/aromatic N) is 2. The van der Waals surface area contributed by atoms with E-state index in [0.29, 0.717) is 45.3 Å². The summed E-state index contributed by atoms with van der Waals surface area (Å²) in [6, 6.07) is 6.66. The predicted octanol–water partition coefficient (Wildman–Crippen LogP) is 5.81. The SMILES string of the molecule is Cc1c(C(=O)Nc2cc(C(F)(F)F)ccc2N2CCN(C)CC2)[nH]c2cc(Cl)cc(Cl)c12. The lowest BCUT2D eigenvalue weighted by molar-refractivity contribution is -0.137. The minimum absolute atomic E-state index is 0.108. The van der Waals surface area contributed by atoms with E-state index in [1.54, 1.807) is 19.1 Å². The average Bonchev–Trinajstić information content (AvgIpc) is 3.04. The van der Waals surface area contributed by atoms with Crippen LogP contribution in [0, 0.1) is 6.92 Å². The molecule has 3 aromatic rings. The quantitative estimate of drug-likeness (QED) is 0.493. The van der Waals surface area contributed by atoms with E-state index in [-0.39, 0.29) is 11.4 Å². The van der Waals surface area contributed by atoms with E-state index in [0.717, 1.165) is 25.2 Å². The summed E-state index contributed by atoms with van der Waals surface area (Å²) in [6.07, 6.45) is -4.53. The van der Waals surface area contributed by atoms with Gasteiger partial charge in [0.25, 0.3) is 5.91 Å². The third-order valence-corrected chi connectivity index (χ3v) is 6.22. The van der Waals surface area contributed by atoms with Crippen molar-refractivity contribution in [1.82, 2.24) is 9.88 Å². The Labute approximate surface area is 193 Å². The maximum Gasteiger partial charge on any atom is 0.416 e. The van der Waals surface area contributed by atoms with Gasteiger partial charge in [-0.2, -0.15) is 13.2 Å². The largest absolute Gasteiger partial charge is 0.416 e. The Morgan fingerprint density at radius 2 is 1.78 bits per heavy atom. The first-order valence-electron chi connectivity index (χ1n) is 9.98. The molecular weight excluding hydrogens is 464 g/mol. The molecule has 0 aliphatic carbocycles. The first-order valence-corrected chi connectivity index (χ1v) is 10.7. The number of fused-ring (bicyclic) bond motifs is 1. The van der Waals surface area contributed by atoms with Crippen LogP contribution in [0.1, 0.15) is 21.6 Å². The average molecular weight is 485 g/mol. The minimum atomic E-state index is -4.53. The fourth-order valence-corrected chi connectivity index (χ4v) is 4.59. The Morgan fingerprint density at radius 1 is 1.09 bits per heavy atom. The van der Waals surface area contributed by atoms with Gasteiger partial charge in [-0.15, -0.1) is 0 Å². The molecule has 1 aromatic heterocycles. The third-order valence-electron chi connectivity index (χ3n) is 5.71. The van der Waals surface area contributed by atoms with Crippen molar-refractivity contribution < 1.29 is 18.0 Å². The first-order chi connectivity index (χ1) is 15.0. The molecule has 170 valence electrons. The second-order valence-electron chi connectivity index (χ2n) is 7.91. The molecule has 1 fully saturated rings. The van der Waals surface area contributed by atoms with Crippen LogP contribution in [0.5, 0.6) is 0 Å². The molecule has 1 saturated heterocycles. The zero-order chi connectivity index (χ0) is 23.2. The Morgan fingerprint density at radius 3 is 2.44 bits per heavy atom. The van der Waals surface area contributed by atoms with Crippen LogP contribution in [0.3, 0.4) is 0 Å². The summed E-state index contributed by atoms with van der Waals surface area (Å²) in [5.74, 6) is -0.555. The number of amides is 1. The van der Waals surface area contributed by atoms with Crippen molar-refractivity contribution in [2.75, 3.05) is 43.4 Å². The van der Waals surface area contributed by atoms with Gasteiger partial charge in [0.05, 0.1) is 22.0 Å². The molecule has 0 saturated carbocycles. The van der Waals surface area contributed by atoms with Gasteiger partial charge in [0.15, 0.2) is 0 Å². The number of carbonyl (C=O) groups excluding carboxylic acids is 1. The van der Waals surface area contributed by atoms with E-state index < -0.39 is 17.6 Å². The van der Waals surface area contributed by atoms with Crippen molar-refractivity contribution in [3.05, 3.63) is 57.2 Å². The third kappa shape index (κ3) is 4.40. The van der Waals surface area contributed by atoms with Crippen LogP contribution in [-0.4, -0.2) is 49.0 Å². The summed E-state index contributed by atoms with van der Waals surface area (Å²) < 4.78 is 40.1. The zero-order valence-corrected chi connectivity index (χ0v) is 18.9. The second-order valence-corrected chi connectivity index (χ2v) is 8.75. The van der Waals surface area contributed by atoms with Crippen molar-refractivity contribution in [2.45, 2.75) is 13.1 Å². The number of benzene rings is 2. The normalized spacial score (nSPS) is 15.4. The van der Waals surface area contributed by atoms with Crippen LogP contribution < -0.4 is 10.2 Å². The number of piperazine rings is 1. The number of alkyl halides is 3. The summed E-state index contributed by atoms with van der Waals surface area (Å²) >= 11 is 12.3. The lowest BCUT2D eigenvalue weighted by Crippen LogP contribution is -2.44. The van der Waals surface area contributed by atoms with E-state index in [1.165, 1.54) is 6.07 Å². The molecule has 1 amide bonds. The van der Waals surface area contributed by atoms with Crippen molar-refractivity contribution in [3.63, 3.8) is 0 Å². The molecular formula is C22H21Cl2F3N4O. The number of likely N-dealkylation sites (N-methyl/N-ethyl adjacent to an activating group) is 1. The van der Waals surface area contributed by atoms with E-state index >= 15 is 0 Å². The number of hydrogen-bond acceptors (Lipinski definition) is 3. The Bertz CT molecular complexity index is 1180. The van der Waals surface area contributed by atoms with Crippen LogP contribution in [0.25, 0.3) is 10.9 Å². The van der Waals surface area contributed by atoms with Gasteiger partial charge in [-0.05, 0) is 49.9 Å². The minimum Gasteiger partial charge on any atom is -0.367 e. The van der Waals surface area contributed by atoms with Crippen molar-refractivity contribution in [1.29, 1.82) is 0 Å². The fourth-order valence-electron chi connectivity index (χ4n) is 3.95. The van der Waals surface area contributed by atoms with Gasteiger partial charge in [0, 0.05) is 42.1 Å². The number of anilines is 2. The Hall–Kier alpha value is -2.42. The molecule has 0 bridgehead atoms. The fraction of sp³-hybridized carbons (Fsp3) is 0.318. The second kappa shape index (κ2) is 8.50. The maximum absolute atomic E-state index is 13.4. The monoisotopic (exact) mass is 484 g/mol. The number of aromatic nitrogens is 1. The highest BCUT2D eigenvalue weighted by atomic mass is 35.5. The summed E-state index contributed by atoms with van der Waals surface area (Å²) in [6.45, 7) is 4.55. The standard InChI is InChI=1S/C22H21Cl2F3N4O/c1-12-19-15(24)10-14(23)11-17(19)28-20(12)21(32)29-16-9-13(22(25,26)27)3-4-18(16)31-7-5-30(2)6-8-31/h3-4,9-11,28H,5-8H2,1-2H3,(H,29,32). The van der Waals surface area contributed by atoms with E-state index in [4.69, 9.17) is 23.2 Å². The molecule has 2 N–H and O–H groups in total. The van der Waals surface area contributed by atoms with E-state index in [2.05, 4.69) is 15.2 Å². The molecule has 5 nitrogen and oxygen atoms in total. The number of rotatable bonds is 3. The van der Waals surface area contributed by atoms with Crippen molar-refractivity contribution in [2.24, 2.45) is 0 Å². The van der Waals surface area contributed by atoms with Gasteiger partial charge in [-0.3, -0.25) is 4.79 Å². The van der Waals surface area contributed by atoms with Crippen molar-refractivity contribution >= 4 is 51.4 Å². The van der Waals surface area contributed by atoms with Crippen LogP contribution in [0.4, 0.5) is 24.5 Å². The van der Waals surface area contributed by atoms with E-state index in [1.807, 2.05) is 11.9 Å². The Kier molecular flexibility index (Phi) is 6.04. The van der Waals surface area contributed by atoms with Crippen LogP contribution in [-0.2, 0) is 6.18 Å². The summed E-state index contributed by atoms with van der Waals surface area (Å²) in [4.78, 5) is 20.2. The zero-order valence-electron chi connectivity index (χ0n) is 17.4. The molecule has 10 heteroatoms. The molecule has 0 atom stereocenters. The summed E-state index contributed by atoms with van der Waals surface area (Å²) in [7, 11) is 1.99. The molecule has 4 rings (SSSR count). The van der Waals surface area contributed by atoms with Crippen molar-refractivity contribution in [3.8, 4) is 0 Å². The number of carbonyl (C=O) groups is 1. The summed E-state index contributed by atoms with van der Waals surface area (Å²) in [5.41, 5.74) is 1.21. The molecule has 0 unspecified atom stereocenters. The Balaban J connectivity index is 1.72. The van der Waals surface area contributed by atoms with Crippen LogP contribution in [0.2, 0.25) is 10.0 Å². The van der Waals surface area contributed by atoms with Gasteiger partial charge in [-0.25, -0.2) is 0 Å². The number of halogens is 5. The van der Waals surface area contributed by atoms with Gasteiger partial charge >= 0.3 is 6.18 Å². The number of nitrogens with one attached hydrogen (secondary N) is 2. The lowest BCUT2D eigenvalue weighted by Gasteiger charge is -2.35. The smallest absolute Gasteiger partial charge is 0.367 e. The summed E-state index contributed by atoms with van der Waals surface area (Å²) in [5, 5.41) is 4.12. The molecule has 1 aliphatic heterocycles. The van der Waals surface area contributed by atoms with Crippen LogP contribution >= 0.6 is 23.2 Å². The molecule has 2 aromatic carbocycles. The number of H-pyrrole nitrogens is 1. The lowest BCUT2D eigenvalue weighted by atomic mass is 10.1. The van der Waals surface area contributed by atoms with Crippen LogP contribution in [0.15, 0.2) is 30.3 Å². The highest BCUT2D eigenvalue weighted by molar-refractivity contribution is 6.39. The van der Waals surface area contributed by atoms with Gasteiger partial charge in [0.1, 0.15) is 5.69 Å². The predicted molar refractivity (Wildman–Crippen MR) is 122 cm³/mol. The van der Waals surface area contributed by atoms with Gasteiger partial charge in [-0.1, -0.05) is 23.2 Å². The molecule has 0 radical (unpaired) electrons. The molecule has 32 heavy (non-hydrogen) atoms. The highest BCUT2D eigenvalue weighted by Gasteiger charge is 2.32. The van der Waals surface area contributed by atoms with E-state index in [9.17, 15) is 18.0 Å². The molecule has 0 spiro atoms. The molecule has 1 aliphatic rings. The van der Waals surface area contributed by atoms with Gasteiger partial charge in [0.2, 0.25) is 0 Å².